The molecule has 6 fully saturated rings. The number of aliphatic hydroxyl groups excluding tert-OH is 1. The van der Waals surface area contributed by atoms with E-state index in [-0.39, 0.29) is 34.7 Å². The summed E-state index contributed by atoms with van der Waals surface area (Å²) in [6, 6.07) is 4.54. The van der Waals surface area contributed by atoms with Crippen molar-refractivity contribution in [2.45, 2.75) is 113 Å². The fraction of sp³-hybridized carbons (Fsp3) is 0.806. The number of piperidine rings is 1. The second-order valence-corrected chi connectivity index (χ2v) is 13.8. The number of fused-ring (bicyclic) bond motifs is 2. The van der Waals surface area contributed by atoms with Crippen LogP contribution < -0.4 is 4.74 Å². The average molecular weight is 494 g/mol. The van der Waals surface area contributed by atoms with Crippen molar-refractivity contribution in [3.63, 3.8) is 0 Å². The standard InChI is InChI=1S/C31H43NO4/c1-35-31-12-11-29(17-22(31)24(34)15-19-5-3-2-4-6-19)25-16-21-9-10-23(33)27-26(21)30(29,28(31)36-27)13-14-32(25)18-20-7-8-20/h9-10,19-20,22,24-25,28,33-34H,2-8,11-18H2,1H3/t22-,24+,25-,28-,29-,30+,31-/m1/s1. The Morgan fingerprint density at radius 1 is 1.08 bits per heavy atom. The summed E-state index contributed by atoms with van der Waals surface area (Å²) < 4.78 is 13.5. The Hall–Kier alpha value is -1.30. The molecule has 1 saturated heterocycles. The van der Waals surface area contributed by atoms with Crippen LogP contribution in [0, 0.1) is 23.2 Å². The number of likely N-dealkylation sites (tertiary alicyclic amines) is 1. The smallest absolute Gasteiger partial charge is 0.165 e. The Kier molecular flexibility index (Phi) is 4.81. The molecule has 4 bridgehead atoms. The van der Waals surface area contributed by atoms with E-state index in [1.165, 1.54) is 62.6 Å². The zero-order chi connectivity index (χ0) is 24.3. The summed E-state index contributed by atoms with van der Waals surface area (Å²) in [5.74, 6) is 2.64. The molecule has 5 heteroatoms. The molecule has 2 spiro atoms. The number of phenols is 1. The van der Waals surface area contributed by atoms with Gasteiger partial charge in [-0.1, -0.05) is 38.2 Å². The number of aliphatic hydroxyl groups is 1. The van der Waals surface area contributed by atoms with Gasteiger partial charge in [-0.05, 0) is 81.4 Å². The molecule has 1 aromatic rings. The highest BCUT2D eigenvalue weighted by atomic mass is 16.6. The molecule has 0 radical (unpaired) electrons. The summed E-state index contributed by atoms with van der Waals surface area (Å²) in [4.78, 5) is 2.85. The third-order valence-corrected chi connectivity index (χ3v) is 12.5. The van der Waals surface area contributed by atoms with Crippen LogP contribution in [0.3, 0.4) is 0 Å². The normalized spacial score (nSPS) is 43.8. The van der Waals surface area contributed by atoms with Crippen LogP contribution in [0.5, 0.6) is 11.5 Å². The average Bonchev–Trinajstić information content (AvgIpc) is 3.64. The van der Waals surface area contributed by atoms with Crippen molar-refractivity contribution < 1.29 is 19.7 Å². The Balaban J connectivity index is 1.26. The Morgan fingerprint density at radius 2 is 1.92 bits per heavy atom. The van der Waals surface area contributed by atoms with Crippen LogP contribution in [-0.4, -0.2) is 59.2 Å². The van der Waals surface area contributed by atoms with Crippen LogP contribution in [0.4, 0.5) is 0 Å². The van der Waals surface area contributed by atoms with Crippen LogP contribution in [0.2, 0.25) is 0 Å². The molecule has 8 aliphatic rings. The summed E-state index contributed by atoms with van der Waals surface area (Å²) in [7, 11) is 1.87. The third-order valence-electron chi connectivity index (χ3n) is 12.5. The topological polar surface area (TPSA) is 62.2 Å². The maximum atomic E-state index is 11.9. The van der Waals surface area contributed by atoms with Crippen molar-refractivity contribution in [3.8, 4) is 11.5 Å². The fourth-order valence-corrected chi connectivity index (χ4v) is 10.8. The van der Waals surface area contributed by atoms with Crippen molar-refractivity contribution in [1.29, 1.82) is 0 Å². The number of hydrogen-bond acceptors (Lipinski definition) is 5. The summed E-state index contributed by atoms with van der Waals surface area (Å²) in [6.07, 6.45) is 15.0. The van der Waals surface area contributed by atoms with Gasteiger partial charge in [0.2, 0.25) is 0 Å². The molecular weight excluding hydrogens is 450 g/mol. The second kappa shape index (κ2) is 7.64. The van der Waals surface area contributed by atoms with Crippen LogP contribution >= 0.6 is 0 Å². The molecule has 6 aliphatic carbocycles. The Morgan fingerprint density at radius 3 is 2.69 bits per heavy atom. The van der Waals surface area contributed by atoms with E-state index in [9.17, 15) is 10.2 Å². The van der Waals surface area contributed by atoms with E-state index in [2.05, 4.69) is 11.0 Å². The summed E-state index contributed by atoms with van der Waals surface area (Å²) in [5.41, 5.74) is 2.21. The van der Waals surface area contributed by atoms with Crippen LogP contribution in [0.25, 0.3) is 0 Å². The zero-order valence-corrected chi connectivity index (χ0v) is 21.9. The van der Waals surface area contributed by atoms with Gasteiger partial charge in [0.25, 0.3) is 0 Å². The van der Waals surface area contributed by atoms with Gasteiger partial charge in [0.1, 0.15) is 11.7 Å². The zero-order valence-electron chi connectivity index (χ0n) is 21.9. The van der Waals surface area contributed by atoms with Crippen molar-refractivity contribution in [2.75, 3.05) is 20.2 Å². The molecule has 0 unspecified atom stereocenters. The number of benzene rings is 1. The molecule has 9 rings (SSSR count). The number of phenolic OH excluding ortho intramolecular Hbond substituents is 1. The monoisotopic (exact) mass is 493 g/mol. The van der Waals surface area contributed by atoms with Gasteiger partial charge < -0.3 is 19.7 Å². The number of methoxy groups -OCH3 is 1. The number of rotatable bonds is 6. The third kappa shape index (κ3) is 2.68. The van der Waals surface area contributed by atoms with E-state index in [0.29, 0.717) is 12.0 Å². The SMILES string of the molecule is CO[C@]12CC[C@@]3(C[C@@H]1[C@@H](O)CC1CCCCC1)[C@H]1Cc4ccc(O)c5c4[C@@]3(CCN1CC1CC1)[C@H]2O5. The predicted molar refractivity (Wildman–Crippen MR) is 137 cm³/mol. The highest BCUT2D eigenvalue weighted by molar-refractivity contribution is 5.63. The van der Waals surface area contributed by atoms with E-state index in [4.69, 9.17) is 9.47 Å². The van der Waals surface area contributed by atoms with E-state index >= 15 is 0 Å². The molecule has 2 aliphatic heterocycles. The van der Waals surface area contributed by atoms with E-state index < -0.39 is 5.60 Å². The molecule has 5 nitrogen and oxygen atoms in total. The predicted octanol–water partition coefficient (Wildman–Crippen LogP) is 4.95. The van der Waals surface area contributed by atoms with Crippen molar-refractivity contribution in [2.24, 2.45) is 23.2 Å². The maximum absolute atomic E-state index is 11.9. The van der Waals surface area contributed by atoms with Crippen LogP contribution in [0.15, 0.2) is 12.1 Å². The van der Waals surface area contributed by atoms with E-state index in [1.54, 1.807) is 0 Å². The van der Waals surface area contributed by atoms with Gasteiger partial charge in [-0.15, -0.1) is 0 Å². The summed E-state index contributed by atoms with van der Waals surface area (Å²) in [6.45, 7) is 2.35. The van der Waals surface area contributed by atoms with Crippen molar-refractivity contribution >= 4 is 0 Å². The van der Waals surface area contributed by atoms with Gasteiger partial charge in [0.15, 0.2) is 11.5 Å². The number of nitrogens with zero attached hydrogens (tertiary/aromatic N) is 1. The van der Waals surface area contributed by atoms with Gasteiger partial charge in [0, 0.05) is 42.0 Å². The molecule has 1 aromatic carbocycles. The largest absolute Gasteiger partial charge is 0.504 e. The highest BCUT2D eigenvalue weighted by Gasteiger charge is 2.81. The quantitative estimate of drug-likeness (QED) is 0.587. The molecule has 196 valence electrons. The number of ether oxygens (including phenoxy) is 2. The second-order valence-electron chi connectivity index (χ2n) is 13.8. The molecular formula is C31H43NO4. The molecule has 7 atom stereocenters. The maximum Gasteiger partial charge on any atom is 0.165 e. The van der Waals surface area contributed by atoms with Crippen LogP contribution in [-0.2, 0) is 16.6 Å². The molecule has 2 heterocycles. The molecule has 0 aromatic heterocycles. The first-order valence-corrected chi connectivity index (χ1v) is 15.0. The first kappa shape index (κ1) is 22.7. The van der Waals surface area contributed by atoms with Gasteiger partial charge in [0.05, 0.1) is 6.10 Å². The first-order chi connectivity index (χ1) is 17.5. The lowest BCUT2D eigenvalue weighted by Crippen LogP contribution is -2.81. The minimum Gasteiger partial charge on any atom is -0.504 e. The van der Waals surface area contributed by atoms with Gasteiger partial charge in [-0.3, -0.25) is 4.90 Å². The lowest BCUT2D eigenvalue weighted by atomic mass is 9.34. The summed E-state index contributed by atoms with van der Waals surface area (Å²) in [5, 5.41) is 22.9. The van der Waals surface area contributed by atoms with Gasteiger partial charge in [-0.25, -0.2) is 0 Å². The van der Waals surface area contributed by atoms with Crippen molar-refractivity contribution in [3.05, 3.63) is 23.3 Å². The minimum absolute atomic E-state index is 0.0926. The molecule has 2 N–H and O–H groups in total. The first-order valence-electron chi connectivity index (χ1n) is 15.0. The molecule has 0 amide bonds. The lowest BCUT2D eigenvalue weighted by Gasteiger charge is -2.74. The van der Waals surface area contributed by atoms with Crippen LogP contribution in [0.1, 0.15) is 88.2 Å². The van der Waals surface area contributed by atoms with Crippen molar-refractivity contribution in [1.82, 2.24) is 4.90 Å². The lowest BCUT2D eigenvalue weighted by molar-refractivity contribution is -0.291. The molecule has 5 saturated carbocycles. The highest BCUT2D eigenvalue weighted by Crippen LogP contribution is 2.77. The minimum atomic E-state index is -0.487. The Labute approximate surface area is 215 Å². The number of hydrogen-bond donors (Lipinski definition) is 2. The van der Waals surface area contributed by atoms with Gasteiger partial charge in [-0.2, -0.15) is 0 Å². The van der Waals surface area contributed by atoms with E-state index in [1.807, 2.05) is 13.2 Å². The number of aromatic hydroxyl groups is 1. The fourth-order valence-electron chi connectivity index (χ4n) is 10.8. The summed E-state index contributed by atoms with van der Waals surface area (Å²) >= 11 is 0. The Bertz CT molecular complexity index is 1060. The molecule has 36 heavy (non-hydrogen) atoms. The van der Waals surface area contributed by atoms with E-state index in [0.717, 1.165) is 56.7 Å². The van der Waals surface area contributed by atoms with Gasteiger partial charge >= 0.3 is 0 Å².